The van der Waals surface area contributed by atoms with Gasteiger partial charge in [-0.15, -0.1) is 0 Å². The molecule has 6 rings (SSSR count). The summed E-state index contributed by atoms with van der Waals surface area (Å²) in [6.07, 6.45) is -13.6. The number of hydrogen-bond donors (Lipinski definition) is 3. The van der Waals surface area contributed by atoms with Crippen LogP contribution in [0.15, 0.2) is 6.07 Å². The number of nitrogens with one attached hydrogen (secondary N) is 2. The molecular weight excluding hydrogens is 708 g/mol. The number of benzene rings is 1. The Bertz CT molecular complexity index is 1800. The number of nitrogens with two attached hydrogens (primary N) is 1. The normalized spacial score (nSPS) is 24.4. The van der Waals surface area contributed by atoms with Crippen LogP contribution in [0.25, 0.3) is 22.2 Å². The van der Waals surface area contributed by atoms with Crippen LogP contribution in [-0.2, 0) is 10.9 Å². The van der Waals surface area contributed by atoms with Crippen molar-refractivity contribution in [2.75, 3.05) is 70.1 Å². The minimum Gasteiger partial charge on any atom is -0.464 e. The summed E-state index contributed by atoms with van der Waals surface area (Å²) in [6, 6.07) is -0.251. The molecule has 51 heavy (non-hydrogen) atoms. The second-order valence-corrected chi connectivity index (χ2v) is 12.8. The Labute approximate surface area is 284 Å². The van der Waals surface area contributed by atoms with Gasteiger partial charge in [0.15, 0.2) is 11.9 Å². The number of hydrogen-bond acceptors (Lipinski definition) is 10. The highest BCUT2D eigenvalue weighted by Gasteiger charge is 2.79. The number of aromatic nitrogens is 3. The number of rotatable bonds is 6. The van der Waals surface area contributed by atoms with Crippen molar-refractivity contribution in [3.05, 3.63) is 28.8 Å². The minimum absolute atomic E-state index is 0.0208. The standard InChI is InChI=1S/C31H33F10N7O3/c1-14-20(31(39,40)41)16(11-17(42)21(14)32)23-22(33)24-19-25(44-6-5-43-4-3-18(30(36,37)38)51-26(19)45-23)47-27(46-24)50-13-28(15(2)29(28,34)35)12-48-7-9-49-10-8-48/h11,15,18,43H,3-10,12-13,42H2,1-2H3,(H,44,46,47)/t15-,18-,28+/m1/s1. The van der Waals surface area contributed by atoms with E-state index in [1.165, 1.54) is 6.92 Å². The highest BCUT2D eigenvalue weighted by atomic mass is 19.4. The maximum absolute atomic E-state index is 16.6. The number of nitrogens with zero attached hydrogens (tertiary/aromatic N) is 4. The first-order chi connectivity index (χ1) is 23.9. The van der Waals surface area contributed by atoms with Crippen molar-refractivity contribution in [1.29, 1.82) is 0 Å². The molecule has 1 aromatic carbocycles. The van der Waals surface area contributed by atoms with Gasteiger partial charge in [0.1, 0.15) is 34.8 Å². The van der Waals surface area contributed by atoms with E-state index in [0.717, 1.165) is 6.92 Å². The van der Waals surface area contributed by atoms with E-state index in [9.17, 15) is 30.7 Å². The van der Waals surface area contributed by atoms with Crippen LogP contribution >= 0.6 is 0 Å². The molecule has 4 heterocycles. The molecule has 2 fully saturated rings. The van der Waals surface area contributed by atoms with Gasteiger partial charge in [-0.3, -0.25) is 4.90 Å². The molecule has 0 spiro atoms. The molecule has 4 N–H and O–H groups in total. The lowest BCUT2D eigenvalue weighted by Crippen LogP contribution is -2.43. The molecule has 0 radical (unpaired) electrons. The summed E-state index contributed by atoms with van der Waals surface area (Å²) in [5.74, 6) is -8.79. The topological polar surface area (TPSA) is 120 Å². The zero-order valence-corrected chi connectivity index (χ0v) is 27.2. The van der Waals surface area contributed by atoms with E-state index < -0.39 is 117 Å². The molecule has 0 bridgehead atoms. The fourth-order valence-corrected chi connectivity index (χ4v) is 6.57. The summed E-state index contributed by atoms with van der Waals surface area (Å²) in [4.78, 5) is 13.7. The molecule has 1 saturated carbocycles. The number of halogens is 10. The molecule has 3 aromatic rings. The third kappa shape index (κ3) is 6.76. The summed E-state index contributed by atoms with van der Waals surface area (Å²) in [7, 11) is 0. The fourth-order valence-electron chi connectivity index (χ4n) is 6.57. The lowest BCUT2D eigenvalue weighted by Gasteiger charge is -2.30. The minimum atomic E-state index is -5.31. The van der Waals surface area contributed by atoms with E-state index in [1.807, 2.05) is 0 Å². The van der Waals surface area contributed by atoms with Crippen LogP contribution in [0, 0.1) is 29.9 Å². The van der Waals surface area contributed by atoms with Gasteiger partial charge in [-0.25, -0.2) is 22.5 Å². The molecule has 0 amide bonds. The predicted molar refractivity (Wildman–Crippen MR) is 163 cm³/mol. The van der Waals surface area contributed by atoms with E-state index in [4.69, 9.17) is 19.9 Å². The highest BCUT2D eigenvalue weighted by molar-refractivity contribution is 5.96. The quantitative estimate of drug-likeness (QED) is 0.219. The molecule has 3 aliphatic rings. The first kappa shape index (κ1) is 36.9. The van der Waals surface area contributed by atoms with Crippen molar-refractivity contribution < 1.29 is 58.1 Å². The zero-order valence-electron chi connectivity index (χ0n) is 27.2. The molecule has 280 valence electrons. The van der Waals surface area contributed by atoms with Crippen LogP contribution in [0.2, 0.25) is 0 Å². The highest BCUT2D eigenvalue weighted by Crippen LogP contribution is 2.66. The van der Waals surface area contributed by atoms with E-state index in [1.54, 1.807) is 4.90 Å². The number of alkyl halides is 8. The first-order valence-corrected chi connectivity index (χ1v) is 15.9. The maximum Gasteiger partial charge on any atom is 0.425 e. The van der Waals surface area contributed by atoms with Crippen molar-refractivity contribution in [1.82, 2.24) is 25.2 Å². The average molecular weight is 742 g/mol. The Morgan fingerprint density at radius 3 is 2.33 bits per heavy atom. The van der Waals surface area contributed by atoms with E-state index in [0.29, 0.717) is 32.4 Å². The van der Waals surface area contributed by atoms with Gasteiger partial charge in [-0.05, 0) is 25.1 Å². The van der Waals surface area contributed by atoms with Gasteiger partial charge in [0, 0.05) is 50.6 Å². The summed E-state index contributed by atoms with van der Waals surface area (Å²) in [6.45, 7) is 2.58. The Morgan fingerprint density at radius 1 is 1.02 bits per heavy atom. The molecular formula is C31H33F10N7O3. The molecule has 20 heteroatoms. The Balaban J connectivity index is 1.53. The average Bonchev–Trinajstić information content (AvgIpc) is 3.48. The molecule has 10 nitrogen and oxygen atoms in total. The lowest BCUT2D eigenvalue weighted by atomic mass is 9.96. The number of anilines is 2. The van der Waals surface area contributed by atoms with Crippen molar-refractivity contribution in [2.45, 2.75) is 44.6 Å². The van der Waals surface area contributed by atoms with Crippen LogP contribution in [0.3, 0.4) is 0 Å². The van der Waals surface area contributed by atoms with Crippen LogP contribution in [0.4, 0.5) is 55.4 Å². The van der Waals surface area contributed by atoms with Crippen LogP contribution < -0.4 is 25.8 Å². The van der Waals surface area contributed by atoms with Gasteiger partial charge in [0.25, 0.3) is 5.92 Å². The van der Waals surface area contributed by atoms with Crippen LogP contribution in [0.1, 0.15) is 24.5 Å². The molecule has 2 aliphatic heterocycles. The second-order valence-electron chi connectivity index (χ2n) is 12.8. The van der Waals surface area contributed by atoms with Gasteiger partial charge in [0.05, 0.1) is 29.9 Å². The number of nitrogen functional groups attached to an aromatic ring is 1. The Morgan fingerprint density at radius 2 is 1.71 bits per heavy atom. The second kappa shape index (κ2) is 13.3. The summed E-state index contributed by atoms with van der Waals surface area (Å²) >= 11 is 0. The molecule has 2 aromatic heterocycles. The summed E-state index contributed by atoms with van der Waals surface area (Å²) < 4.78 is 163. The van der Waals surface area contributed by atoms with Crippen molar-refractivity contribution in [2.24, 2.45) is 11.3 Å². The third-order valence-electron chi connectivity index (χ3n) is 9.61. The maximum atomic E-state index is 16.6. The van der Waals surface area contributed by atoms with Crippen molar-refractivity contribution >= 4 is 22.4 Å². The van der Waals surface area contributed by atoms with Gasteiger partial charge in [-0.1, -0.05) is 6.92 Å². The largest absolute Gasteiger partial charge is 0.464 e. The number of morpholine rings is 1. The van der Waals surface area contributed by atoms with Gasteiger partial charge in [0.2, 0.25) is 5.88 Å². The summed E-state index contributed by atoms with van der Waals surface area (Å²) in [5.41, 5.74) is -2.87. The number of ether oxygens (including phenoxy) is 3. The van der Waals surface area contributed by atoms with E-state index in [-0.39, 0.29) is 26.2 Å². The Hall–Kier alpha value is -3.91. The lowest BCUT2D eigenvalue weighted by molar-refractivity contribution is -0.196. The van der Waals surface area contributed by atoms with Crippen molar-refractivity contribution in [3.8, 4) is 23.1 Å². The van der Waals surface area contributed by atoms with Gasteiger partial charge < -0.3 is 30.6 Å². The van der Waals surface area contributed by atoms with E-state index >= 15 is 13.2 Å². The fraction of sp³-hybridized carbons (Fsp3) is 0.581. The number of pyridine rings is 1. The molecule has 1 saturated heterocycles. The first-order valence-electron chi connectivity index (χ1n) is 15.9. The zero-order chi connectivity index (χ0) is 37.1. The van der Waals surface area contributed by atoms with Crippen LogP contribution in [-0.4, -0.2) is 97.1 Å². The van der Waals surface area contributed by atoms with Crippen LogP contribution in [0.5, 0.6) is 11.9 Å². The molecule has 1 aliphatic carbocycles. The van der Waals surface area contributed by atoms with Gasteiger partial charge >= 0.3 is 18.4 Å². The summed E-state index contributed by atoms with van der Waals surface area (Å²) in [5, 5.41) is 4.97. The Kier molecular flexibility index (Phi) is 9.58. The molecule has 3 atom stereocenters. The predicted octanol–water partition coefficient (Wildman–Crippen LogP) is 5.58. The van der Waals surface area contributed by atoms with Crippen molar-refractivity contribution in [3.63, 3.8) is 0 Å². The SMILES string of the molecule is Cc1c(F)c(N)cc(-c2nc3c4c(nc(OC[C@@]5(CN6CCOCC6)[C@@H](C)C5(F)F)nc4c2F)NCCNCC[C@H](C(F)(F)F)O3)c1C(F)(F)F. The van der Waals surface area contributed by atoms with E-state index in [2.05, 4.69) is 25.6 Å². The third-order valence-corrected chi connectivity index (χ3v) is 9.61. The smallest absolute Gasteiger partial charge is 0.425 e. The monoisotopic (exact) mass is 741 g/mol. The van der Waals surface area contributed by atoms with Gasteiger partial charge in [-0.2, -0.15) is 36.3 Å². The molecule has 0 unspecified atom stereocenters.